The SMILES string of the molecule is CC.Cc1nc2ccc(Br)cc2[nH]1. The summed E-state index contributed by atoms with van der Waals surface area (Å²) in [6, 6.07) is 6.00. The summed E-state index contributed by atoms with van der Waals surface area (Å²) in [6.07, 6.45) is 0. The molecule has 0 saturated heterocycles. The van der Waals surface area contributed by atoms with Gasteiger partial charge in [0.15, 0.2) is 0 Å². The van der Waals surface area contributed by atoms with E-state index in [-0.39, 0.29) is 0 Å². The normalized spacial score (nSPS) is 9.54. The lowest BCUT2D eigenvalue weighted by Crippen LogP contribution is -1.68. The highest BCUT2D eigenvalue weighted by Gasteiger charge is 1.97. The highest BCUT2D eigenvalue weighted by molar-refractivity contribution is 9.10. The van der Waals surface area contributed by atoms with Gasteiger partial charge in [-0.05, 0) is 25.1 Å². The molecule has 0 spiro atoms. The number of hydrogen-bond acceptors (Lipinski definition) is 1. The van der Waals surface area contributed by atoms with Gasteiger partial charge in [-0.15, -0.1) is 0 Å². The molecular formula is C10H13BrN2. The summed E-state index contributed by atoms with van der Waals surface area (Å²) in [7, 11) is 0. The van der Waals surface area contributed by atoms with Gasteiger partial charge in [0.2, 0.25) is 0 Å². The Morgan fingerprint density at radius 2 is 2.00 bits per heavy atom. The molecule has 1 aromatic carbocycles. The molecule has 0 fully saturated rings. The quantitative estimate of drug-likeness (QED) is 0.749. The van der Waals surface area contributed by atoms with Crippen LogP contribution in [0.15, 0.2) is 22.7 Å². The number of nitrogens with one attached hydrogen (secondary N) is 1. The van der Waals surface area contributed by atoms with E-state index in [0.717, 1.165) is 21.3 Å². The van der Waals surface area contributed by atoms with Gasteiger partial charge in [-0.3, -0.25) is 0 Å². The molecule has 1 aromatic heterocycles. The summed E-state index contributed by atoms with van der Waals surface area (Å²) in [5.74, 6) is 0.957. The Kier molecular flexibility index (Phi) is 3.48. The fraction of sp³-hybridized carbons (Fsp3) is 0.300. The first-order valence-electron chi connectivity index (χ1n) is 4.37. The van der Waals surface area contributed by atoms with Crippen molar-refractivity contribution in [1.29, 1.82) is 0 Å². The Morgan fingerprint density at radius 3 is 2.69 bits per heavy atom. The average molecular weight is 241 g/mol. The summed E-state index contributed by atoms with van der Waals surface area (Å²) in [5.41, 5.74) is 2.10. The lowest BCUT2D eigenvalue weighted by Gasteiger charge is -1.87. The first-order chi connectivity index (χ1) is 6.25. The molecule has 0 atom stereocenters. The van der Waals surface area contributed by atoms with Crippen LogP contribution in [0.1, 0.15) is 19.7 Å². The van der Waals surface area contributed by atoms with E-state index in [4.69, 9.17) is 0 Å². The van der Waals surface area contributed by atoms with Crippen LogP contribution in [0.3, 0.4) is 0 Å². The molecule has 70 valence electrons. The van der Waals surface area contributed by atoms with Crippen LogP contribution in [0.5, 0.6) is 0 Å². The minimum atomic E-state index is 0.957. The molecule has 0 aliphatic rings. The van der Waals surface area contributed by atoms with E-state index in [9.17, 15) is 0 Å². The fourth-order valence-electron chi connectivity index (χ4n) is 1.11. The second-order valence-electron chi connectivity index (χ2n) is 2.48. The maximum absolute atomic E-state index is 4.28. The highest BCUT2D eigenvalue weighted by Crippen LogP contribution is 2.16. The van der Waals surface area contributed by atoms with Gasteiger partial charge in [-0.1, -0.05) is 29.8 Å². The number of nitrogens with zero attached hydrogens (tertiary/aromatic N) is 1. The van der Waals surface area contributed by atoms with Gasteiger partial charge in [0.25, 0.3) is 0 Å². The maximum Gasteiger partial charge on any atom is 0.104 e. The molecule has 2 nitrogen and oxygen atoms in total. The lowest BCUT2D eigenvalue weighted by molar-refractivity contribution is 1.17. The van der Waals surface area contributed by atoms with Gasteiger partial charge in [0.05, 0.1) is 11.0 Å². The van der Waals surface area contributed by atoms with Crippen molar-refractivity contribution in [3.63, 3.8) is 0 Å². The molecular weight excluding hydrogens is 228 g/mol. The van der Waals surface area contributed by atoms with E-state index in [1.165, 1.54) is 0 Å². The van der Waals surface area contributed by atoms with Gasteiger partial charge < -0.3 is 4.98 Å². The van der Waals surface area contributed by atoms with E-state index < -0.39 is 0 Å². The van der Waals surface area contributed by atoms with E-state index in [0.29, 0.717) is 0 Å². The molecule has 0 bridgehead atoms. The van der Waals surface area contributed by atoms with Gasteiger partial charge in [0.1, 0.15) is 5.82 Å². The Labute approximate surface area is 86.5 Å². The van der Waals surface area contributed by atoms with Crippen molar-refractivity contribution in [2.24, 2.45) is 0 Å². The second kappa shape index (κ2) is 4.42. The molecule has 0 amide bonds. The Hall–Kier alpha value is -0.830. The number of H-pyrrole nitrogens is 1. The number of halogens is 1. The van der Waals surface area contributed by atoms with Crippen molar-refractivity contribution in [3.05, 3.63) is 28.5 Å². The van der Waals surface area contributed by atoms with Crippen LogP contribution in [0.4, 0.5) is 0 Å². The monoisotopic (exact) mass is 240 g/mol. The van der Waals surface area contributed by atoms with Crippen LogP contribution >= 0.6 is 15.9 Å². The molecule has 2 rings (SSSR count). The zero-order valence-electron chi connectivity index (χ0n) is 8.06. The maximum atomic E-state index is 4.28. The number of fused-ring (bicyclic) bond motifs is 1. The zero-order chi connectivity index (χ0) is 9.84. The molecule has 0 aliphatic heterocycles. The summed E-state index contributed by atoms with van der Waals surface area (Å²) in [6.45, 7) is 5.95. The molecule has 0 radical (unpaired) electrons. The number of aromatic nitrogens is 2. The summed E-state index contributed by atoms with van der Waals surface area (Å²) in [4.78, 5) is 7.44. The number of benzene rings is 1. The number of aromatic amines is 1. The third kappa shape index (κ3) is 2.31. The van der Waals surface area contributed by atoms with Crippen LogP contribution in [0.25, 0.3) is 11.0 Å². The van der Waals surface area contributed by atoms with Crippen molar-refractivity contribution < 1.29 is 0 Å². The first-order valence-corrected chi connectivity index (χ1v) is 5.17. The fourth-order valence-corrected chi connectivity index (χ4v) is 1.47. The standard InChI is InChI=1S/C8H7BrN2.C2H6/c1-5-10-7-3-2-6(9)4-8(7)11-5;1-2/h2-4H,1H3,(H,10,11);1-2H3. The largest absolute Gasteiger partial charge is 0.342 e. The number of aryl methyl sites for hydroxylation is 1. The molecule has 3 heteroatoms. The molecule has 2 aromatic rings. The Bertz CT molecular complexity index is 393. The number of imidazole rings is 1. The van der Waals surface area contributed by atoms with Crippen molar-refractivity contribution in [3.8, 4) is 0 Å². The molecule has 0 saturated carbocycles. The van der Waals surface area contributed by atoms with Gasteiger partial charge in [-0.2, -0.15) is 0 Å². The predicted octanol–water partition coefficient (Wildman–Crippen LogP) is 3.66. The Morgan fingerprint density at radius 1 is 1.31 bits per heavy atom. The minimum Gasteiger partial charge on any atom is -0.342 e. The molecule has 1 heterocycles. The van der Waals surface area contributed by atoms with Crippen LogP contribution in [-0.4, -0.2) is 9.97 Å². The van der Waals surface area contributed by atoms with Crippen molar-refractivity contribution >= 4 is 27.0 Å². The van der Waals surface area contributed by atoms with E-state index in [1.807, 2.05) is 39.0 Å². The third-order valence-corrected chi connectivity index (χ3v) is 2.06. The van der Waals surface area contributed by atoms with Crippen molar-refractivity contribution in [2.75, 3.05) is 0 Å². The van der Waals surface area contributed by atoms with E-state index >= 15 is 0 Å². The van der Waals surface area contributed by atoms with Crippen molar-refractivity contribution in [2.45, 2.75) is 20.8 Å². The number of rotatable bonds is 0. The topological polar surface area (TPSA) is 28.7 Å². The minimum absolute atomic E-state index is 0.957. The average Bonchev–Trinajstić information content (AvgIpc) is 2.48. The Balaban J connectivity index is 0.000000396. The van der Waals surface area contributed by atoms with Crippen LogP contribution in [0, 0.1) is 6.92 Å². The summed E-state index contributed by atoms with van der Waals surface area (Å²) in [5, 5.41) is 0. The molecule has 0 aliphatic carbocycles. The lowest BCUT2D eigenvalue weighted by atomic mass is 10.3. The van der Waals surface area contributed by atoms with Crippen LogP contribution in [-0.2, 0) is 0 Å². The van der Waals surface area contributed by atoms with E-state index in [1.54, 1.807) is 0 Å². The highest BCUT2D eigenvalue weighted by atomic mass is 79.9. The van der Waals surface area contributed by atoms with Gasteiger partial charge in [0, 0.05) is 4.47 Å². The molecule has 1 N–H and O–H groups in total. The zero-order valence-corrected chi connectivity index (χ0v) is 9.64. The van der Waals surface area contributed by atoms with E-state index in [2.05, 4.69) is 25.9 Å². The van der Waals surface area contributed by atoms with Crippen molar-refractivity contribution in [1.82, 2.24) is 9.97 Å². The summed E-state index contributed by atoms with van der Waals surface area (Å²) < 4.78 is 1.08. The van der Waals surface area contributed by atoms with Gasteiger partial charge in [-0.25, -0.2) is 4.98 Å². The smallest absolute Gasteiger partial charge is 0.104 e. The summed E-state index contributed by atoms with van der Waals surface area (Å²) >= 11 is 3.39. The number of hydrogen-bond donors (Lipinski definition) is 1. The molecule has 0 unspecified atom stereocenters. The first kappa shape index (κ1) is 10.3. The van der Waals surface area contributed by atoms with Gasteiger partial charge >= 0.3 is 0 Å². The predicted molar refractivity (Wildman–Crippen MR) is 59.9 cm³/mol. The second-order valence-corrected chi connectivity index (χ2v) is 3.40. The molecule has 13 heavy (non-hydrogen) atoms. The van der Waals surface area contributed by atoms with Crippen LogP contribution < -0.4 is 0 Å². The third-order valence-electron chi connectivity index (χ3n) is 1.56. The van der Waals surface area contributed by atoms with Crippen LogP contribution in [0.2, 0.25) is 0 Å².